The summed E-state index contributed by atoms with van der Waals surface area (Å²) in [4.78, 5) is 40.5. The molecule has 0 saturated carbocycles. The molecule has 0 aromatic heterocycles. The Morgan fingerprint density at radius 2 is 2.07 bits per heavy atom. The Morgan fingerprint density at radius 1 is 1.26 bits per heavy atom. The molecule has 3 unspecified atom stereocenters. The number of piperidine rings is 1. The van der Waals surface area contributed by atoms with Gasteiger partial charge in [-0.05, 0) is 49.4 Å². The van der Waals surface area contributed by atoms with Crippen molar-refractivity contribution in [3.05, 3.63) is 34.9 Å². The highest BCUT2D eigenvalue weighted by Crippen LogP contribution is 2.31. The molecule has 7 heteroatoms. The number of fused-ring (bicyclic) bond motifs is 1. The van der Waals surface area contributed by atoms with E-state index < -0.39 is 6.04 Å². The van der Waals surface area contributed by atoms with E-state index in [1.807, 2.05) is 12.1 Å². The molecule has 3 N–H and O–H groups in total. The standard InChI is InChI=1S/C20H26N4O3/c1-12(21)13-7-8-23(9-13)10-14-3-2-4-15-16(14)11-24(20(15)27)17-5-6-18(25)22-19(17)26/h2-4,12-13,17H,5-11,21H2,1H3,(H,22,25,26). The summed E-state index contributed by atoms with van der Waals surface area (Å²) >= 11 is 0. The molecule has 3 aliphatic rings. The molecule has 3 aliphatic heterocycles. The van der Waals surface area contributed by atoms with Crippen molar-refractivity contribution < 1.29 is 14.4 Å². The lowest BCUT2D eigenvalue weighted by Gasteiger charge is -2.29. The molecule has 3 heterocycles. The van der Waals surface area contributed by atoms with Crippen LogP contribution in [0, 0.1) is 5.92 Å². The maximum absolute atomic E-state index is 12.9. The highest BCUT2D eigenvalue weighted by atomic mass is 16.2. The molecule has 3 atom stereocenters. The number of nitrogens with one attached hydrogen (secondary N) is 1. The van der Waals surface area contributed by atoms with E-state index in [9.17, 15) is 14.4 Å². The summed E-state index contributed by atoms with van der Waals surface area (Å²) in [6.45, 7) is 5.28. The molecule has 0 radical (unpaired) electrons. The Labute approximate surface area is 158 Å². The maximum Gasteiger partial charge on any atom is 0.255 e. The zero-order valence-corrected chi connectivity index (χ0v) is 15.6. The van der Waals surface area contributed by atoms with E-state index in [1.165, 1.54) is 0 Å². The molecule has 7 nitrogen and oxygen atoms in total. The number of carbonyl (C=O) groups excluding carboxylic acids is 3. The van der Waals surface area contributed by atoms with Crippen molar-refractivity contribution in [1.29, 1.82) is 0 Å². The van der Waals surface area contributed by atoms with Gasteiger partial charge in [0.15, 0.2) is 0 Å². The quantitative estimate of drug-likeness (QED) is 0.758. The molecular weight excluding hydrogens is 344 g/mol. The van der Waals surface area contributed by atoms with Crippen LogP contribution in [0.4, 0.5) is 0 Å². The third kappa shape index (κ3) is 3.37. The Kier molecular flexibility index (Phi) is 4.74. The number of nitrogens with zero attached hydrogens (tertiary/aromatic N) is 2. The molecule has 27 heavy (non-hydrogen) atoms. The second-order valence-electron chi connectivity index (χ2n) is 7.99. The smallest absolute Gasteiger partial charge is 0.255 e. The van der Waals surface area contributed by atoms with Crippen LogP contribution in [0.3, 0.4) is 0 Å². The van der Waals surface area contributed by atoms with Gasteiger partial charge >= 0.3 is 0 Å². The minimum absolute atomic E-state index is 0.115. The van der Waals surface area contributed by atoms with E-state index in [2.05, 4.69) is 23.2 Å². The number of carbonyl (C=O) groups is 3. The first-order chi connectivity index (χ1) is 12.9. The average Bonchev–Trinajstić information content (AvgIpc) is 3.21. The number of rotatable bonds is 4. The van der Waals surface area contributed by atoms with Gasteiger partial charge in [-0.2, -0.15) is 0 Å². The number of nitrogens with two attached hydrogens (primary N) is 1. The van der Waals surface area contributed by atoms with Gasteiger partial charge in [0.2, 0.25) is 11.8 Å². The Bertz CT molecular complexity index is 791. The molecule has 0 aliphatic carbocycles. The monoisotopic (exact) mass is 370 g/mol. The molecule has 3 amide bonds. The van der Waals surface area contributed by atoms with E-state index in [-0.39, 0.29) is 30.2 Å². The zero-order valence-electron chi connectivity index (χ0n) is 15.6. The second-order valence-corrected chi connectivity index (χ2v) is 7.99. The van der Waals surface area contributed by atoms with Crippen molar-refractivity contribution >= 4 is 17.7 Å². The molecule has 4 rings (SSSR count). The van der Waals surface area contributed by atoms with Crippen LogP contribution >= 0.6 is 0 Å². The predicted molar refractivity (Wildman–Crippen MR) is 99.5 cm³/mol. The number of hydrogen-bond acceptors (Lipinski definition) is 5. The first-order valence-corrected chi connectivity index (χ1v) is 9.67. The lowest BCUT2D eigenvalue weighted by atomic mass is 10.0. The minimum atomic E-state index is -0.565. The van der Waals surface area contributed by atoms with Crippen LogP contribution < -0.4 is 11.1 Å². The number of benzene rings is 1. The SMILES string of the molecule is CC(N)C1CCN(Cc2cccc3c2CN(C2CCC(=O)NC2=O)C3=O)C1. The van der Waals surface area contributed by atoms with Crippen LogP contribution in [-0.4, -0.2) is 52.7 Å². The summed E-state index contributed by atoms with van der Waals surface area (Å²) in [5, 5.41) is 2.35. The van der Waals surface area contributed by atoms with Crippen molar-refractivity contribution in [2.45, 2.75) is 51.4 Å². The first kappa shape index (κ1) is 18.1. The fourth-order valence-electron chi connectivity index (χ4n) is 4.47. The summed E-state index contributed by atoms with van der Waals surface area (Å²) in [6, 6.07) is 5.45. The highest BCUT2D eigenvalue weighted by Gasteiger charge is 2.40. The summed E-state index contributed by atoms with van der Waals surface area (Å²) in [6.07, 6.45) is 1.77. The fourth-order valence-corrected chi connectivity index (χ4v) is 4.47. The van der Waals surface area contributed by atoms with E-state index in [0.29, 0.717) is 24.4 Å². The van der Waals surface area contributed by atoms with Crippen molar-refractivity contribution in [3.8, 4) is 0 Å². The molecule has 0 bridgehead atoms. The van der Waals surface area contributed by atoms with Gasteiger partial charge in [0, 0.05) is 37.7 Å². The number of likely N-dealkylation sites (tertiary alicyclic amines) is 1. The van der Waals surface area contributed by atoms with E-state index in [0.717, 1.165) is 37.2 Å². The fraction of sp³-hybridized carbons (Fsp3) is 0.550. The minimum Gasteiger partial charge on any atom is -0.328 e. The summed E-state index contributed by atoms with van der Waals surface area (Å²) in [7, 11) is 0. The van der Waals surface area contributed by atoms with Crippen molar-refractivity contribution in [1.82, 2.24) is 15.1 Å². The van der Waals surface area contributed by atoms with Crippen LogP contribution in [0.2, 0.25) is 0 Å². The summed E-state index contributed by atoms with van der Waals surface area (Å²) in [5.74, 6) is -0.230. The first-order valence-electron chi connectivity index (χ1n) is 9.67. The van der Waals surface area contributed by atoms with Gasteiger partial charge < -0.3 is 10.6 Å². The van der Waals surface area contributed by atoms with E-state index in [1.54, 1.807) is 4.90 Å². The molecule has 2 fully saturated rings. The summed E-state index contributed by atoms with van der Waals surface area (Å²) in [5.41, 5.74) is 8.88. The van der Waals surface area contributed by atoms with E-state index >= 15 is 0 Å². The largest absolute Gasteiger partial charge is 0.328 e. The van der Waals surface area contributed by atoms with Gasteiger partial charge in [0.1, 0.15) is 6.04 Å². The Hall–Kier alpha value is -2.25. The van der Waals surface area contributed by atoms with Gasteiger partial charge in [-0.3, -0.25) is 24.6 Å². The lowest BCUT2D eigenvalue weighted by Crippen LogP contribution is -2.52. The van der Waals surface area contributed by atoms with Gasteiger partial charge in [-0.25, -0.2) is 0 Å². The zero-order chi connectivity index (χ0) is 19.1. The number of amides is 3. The van der Waals surface area contributed by atoms with Crippen LogP contribution in [0.1, 0.15) is 47.7 Å². The van der Waals surface area contributed by atoms with Crippen molar-refractivity contribution in [2.24, 2.45) is 11.7 Å². The maximum atomic E-state index is 12.9. The van der Waals surface area contributed by atoms with Crippen molar-refractivity contribution in [2.75, 3.05) is 13.1 Å². The van der Waals surface area contributed by atoms with Gasteiger partial charge in [0.25, 0.3) is 5.91 Å². The second kappa shape index (κ2) is 7.05. The number of imide groups is 1. The topological polar surface area (TPSA) is 95.7 Å². The molecule has 144 valence electrons. The van der Waals surface area contributed by atoms with Crippen molar-refractivity contribution in [3.63, 3.8) is 0 Å². The average molecular weight is 370 g/mol. The third-order valence-electron chi connectivity index (χ3n) is 6.13. The van der Waals surface area contributed by atoms with Gasteiger partial charge in [0.05, 0.1) is 0 Å². The van der Waals surface area contributed by atoms with E-state index in [4.69, 9.17) is 5.73 Å². The highest BCUT2D eigenvalue weighted by molar-refractivity contribution is 6.05. The van der Waals surface area contributed by atoms with Crippen LogP contribution in [0.5, 0.6) is 0 Å². The summed E-state index contributed by atoms with van der Waals surface area (Å²) < 4.78 is 0. The van der Waals surface area contributed by atoms with Crippen LogP contribution in [0.25, 0.3) is 0 Å². The number of hydrogen-bond donors (Lipinski definition) is 2. The third-order valence-corrected chi connectivity index (χ3v) is 6.13. The lowest BCUT2D eigenvalue weighted by molar-refractivity contribution is -0.136. The Balaban J connectivity index is 1.51. The van der Waals surface area contributed by atoms with Gasteiger partial charge in [-0.1, -0.05) is 12.1 Å². The van der Waals surface area contributed by atoms with Crippen LogP contribution in [0.15, 0.2) is 18.2 Å². The predicted octanol–water partition coefficient (Wildman–Crippen LogP) is 0.617. The van der Waals surface area contributed by atoms with Gasteiger partial charge in [-0.15, -0.1) is 0 Å². The Morgan fingerprint density at radius 3 is 2.78 bits per heavy atom. The normalized spacial score (nSPS) is 27.0. The molecule has 1 aromatic carbocycles. The molecule has 0 spiro atoms. The molecular formula is C20H26N4O3. The van der Waals surface area contributed by atoms with Crippen LogP contribution in [-0.2, 0) is 22.7 Å². The molecule has 1 aromatic rings. The molecule has 2 saturated heterocycles.